The van der Waals surface area contributed by atoms with Crippen LogP contribution in [0.25, 0.3) is 22.6 Å². The Balaban J connectivity index is 1.48. The lowest BCUT2D eigenvalue weighted by Crippen LogP contribution is -2.32. The van der Waals surface area contributed by atoms with Gasteiger partial charge in [0.15, 0.2) is 6.61 Å². The van der Waals surface area contributed by atoms with Crippen LogP contribution < -0.4 is 4.74 Å². The Morgan fingerprint density at radius 1 is 1.03 bits per heavy atom. The summed E-state index contributed by atoms with van der Waals surface area (Å²) in [5, 5.41) is 0.764. The zero-order valence-corrected chi connectivity index (χ0v) is 18.7. The van der Waals surface area contributed by atoms with Gasteiger partial charge in [0.25, 0.3) is 5.91 Å². The van der Waals surface area contributed by atoms with Gasteiger partial charge in [-0.05, 0) is 66.7 Å². The maximum absolute atomic E-state index is 13.2. The van der Waals surface area contributed by atoms with Crippen molar-refractivity contribution in [2.75, 3.05) is 26.8 Å². The largest absolute Gasteiger partial charge is 0.497 e. The van der Waals surface area contributed by atoms with Gasteiger partial charge >= 0.3 is 5.97 Å². The quantitative estimate of drug-likeness (QED) is 0.544. The van der Waals surface area contributed by atoms with E-state index < -0.39 is 5.97 Å². The van der Waals surface area contributed by atoms with Gasteiger partial charge in [-0.1, -0.05) is 30.3 Å². The third-order valence-electron chi connectivity index (χ3n) is 6.39. The summed E-state index contributed by atoms with van der Waals surface area (Å²) in [6.45, 7) is 1.26. The average Bonchev–Trinajstić information content (AvgIpc) is 3.52. The van der Waals surface area contributed by atoms with Crippen LogP contribution in [0.1, 0.15) is 46.4 Å². The Morgan fingerprint density at radius 2 is 1.79 bits per heavy atom. The lowest BCUT2D eigenvalue weighted by atomic mass is 10.0. The summed E-state index contributed by atoms with van der Waals surface area (Å²) in [5.74, 6) is 0.223. The number of hydrogen-bond acceptors (Lipinski definition) is 5. The van der Waals surface area contributed by atoms with Crippen molar-refractivity contribution in [1.29, 1.82) is 0 Å². The summed E-state index contributed by atoms with van der Waals surface area (Å²) < 4.78 is 10.8. The fraction of sp³-hybridized carbons (Fsp3) is 0.296. The Labute approximate surface area is 192 Å². The molecule has 1 saturated heterocycles. The summed E-state index contributed by atoms with van der Waals surface area (Å²) in [6.07, 6.45) is 5.62. The first kappa shape index (κ1) is 21.2. The van der Waals surface area contributed by atoms with E-state index in [-0.39, 0.29) is 12.5 Å². The number of carbonyl (C=O) groups is 2. The predicted molar refractivity (Wildman–Crippen MR) is 127 cm³/mol. The number of aromatic nitrogens is 1. The van der Waals surface area contributed by atoms with E-state index in [2.05, 4.69) is 6.08 Å². The molecule has 1 aliphatic carbocycles. The van der Waals surface area contributed by atoms with Gasteiger partial charge in [0.05, 0.1) is 23.9 Å². The maximum atomic E-state index is 13.2. The molecular formula is C27H26N2O4. The third kappa shape index (κ3) is 4.21. The van der Waals surface area contributed by atoms with E-state index in [1.54, 1.807) is 12.0 Å². The highest BCUT2D eigenvalue weighted by Crippen LogP contribution is 2.38. The lowest BCUT2D eigenvalue weighted by molar-refractivity contribution is -0.133. The fourth-order valence-corrected chi connectivity index (χ4v) is 4.67. The molecule has 5 rings (SSSR count). The molecule has 2 aromatic carbocycles. The number of para-hydroxylation sites is 1. The van der Waals surface area contributed by atoms with Crippen LogP contribution in [-0.4, -0.2) is 48.6 Å². The number of allylic oxidation sites excluding steroid dienone is 1. The van der Waals surface area contributed by atoms with Crippen molar-refractivity contribution in [3.8, 4) is 5.75 Å². The van der Waals surface area contributed by atoms with Crippen molar-refractivity contribution in [3.63, 3.8) is 0 Å². The van der Waals surface area contributed by atoms with Crippen LogP contribution >= 0.6 is 0 Å². The van der Waals surface area contributed by atoms with Gasteiger partial charge < -0.3 is 14.4 Å². The number of methoxy groups -OCH3 is 1. The summed E-state index contributed by atoms with van der Waals surface area (Å²) >= 11 is 0. The summed E-state index contributed by atoms with van der Waals surface area (Å²) in [5.41, 5.74) is 5.14. The second-order valence-corrected chi connectivity index (χ2v) is 8.44. The molecular weight excluding hydrogens is 416 g/mol. The standard InChI is InChI=1S/C27H26N2O4/c1-32-20-11-8-18(9-12-20)16-19-10-13-22-25(21-6-2-3-7-23(21)28-26(19)22)27(31)33-17-24(30)29-14-4-5-15-29/h2-3,6-9,11-12,16H,4-5,10,13-15,17H2,1H3/b19-16-. The highest BCUT2D eigenvalue weighted by Gasteiger charge is 2.28. The van der Waals surface area contributed by atoms with Crippen LogP contribution in [-0.2, 0) is 16.0 Å². The normalized spacial score (nSPS) is 16.3. The van der Waals surface area contributed by atoms with Gasteiger partial charge in [-0.15, -0.1) is 0 Å². The highest BCUT2D eigenvalue weighted by atomic mass is 16.5. The van der Waals surface area contributed by atoms with E-state index in [1.807, 2.05) is 48.5 Å². The molecule has 0 N–H and O–H groups in total. The fourth-order valence-electron chi connectivity index (χ4n) is 4.67. The topological polar surface area (TPSA) is 68.7 Å². The Bertz CT molecular complexity index is 1240. The highest BCUT2D eigenvalue weighted by molar-refractivity contribution is 6.07. The van der Waals surface area contributed by atoms with E-state index in [0.717, 1.165) is 71.4 Å². The molecule has 0 radical (unpaired) electrons. The summed E-state index contributed by atoms with van der Waals surface area (Å²) in [7, 11) is 1.65. The van der Waals surface area contributed by atoms with Crippen molar-refractivity contribution in [3.05, 3.63) is 70.9 Å². The number of likely N-dealkylation sites (tertiary alicyclic amines) is 1. The first-order valence-electron chi connectivity index (χ1n) is 11.4. The number of rotatable bonds is 5. The molecule has 1 aliphatic heterocycles. The number of hydrogen-bond donors (Lipinski definition) is 0. The molecule has 33 heavy (non-hydrogen) atoms. The van der Waals surface area contributed by atoms with Crippen molar-refractivity contribution >= 4 is 34.4 Å². The molecule has 0 unspecified atom stereocenters. The second kappa shape index (κ2) is 9.06. The molecule has 6 nitrogen and oxygen atoms in total. The number of carbonyl (C=O) groups excluding carboxylic acids is 2. The Hall–Kier alpha value is -3.67. The molecule has 0 atom stereocenters. The van der Waals surface area contributed by atoms with Crippen molar-refractivity contribution in [2.45, 2.75) is 25.7 Å². The molecule has 2 heterocycles. The minimum atomic E-state index is -0.455. The van der Waals surface area contributed by atoms with Gasteiger partial charge in [0.2, 0.25) is 0 Å². The van der Waals surface area contributed by atoms with Crippen LogP contribution in [0.4, 0.5) is 0 Å². The SMILES string of the molecule is COc1ccc(/C=C2/CCc3c2nc2ccccc2c3C(=O)OCC(=O)N2CCCC2)cc1. The van der Waals surface area contributed by atoms with E-state index in [1.165, 1.54) is 0 Å². The van der Waals surface area contributed by atoms with Gasteiger partial charge in [-0.25, -0.2) is 9.78 Å². The van der Waals surface area contributed by atoms with Crippen LogP contribution in [0.3, 0.4) is 0 Å². The van der Waals surface area contributed by atoms with Crippen LogP contribution in [0.15, 0.2) is 48.5 Å². The third-order valence-corrected chi connectivity index (χ3v) is 6.39. The minimum Gasteiger partial charge on any atom is -0.497 e. The van der Waals surface area contributed by atoms with E-state index in [0.29, 0.717) is 12.0 Å². The van der Waals surface area contributed by atoms with E-state index >= 15 is 0 Å². The lowest BCUT2D eigenvalue weighted by Gasteiger charge is -2.16. The molecule has 1 amide bonds. The van der Waals surface area contributed by atoms with E-state index in [9.17, 15) is 9.59 Å². The minimum absolute atomic E-state index is 0.129. The van der Waals surface area contributed by atoms with Crippen molar-refractivity contribution in [1.82, 2.24) is 9.88 Å². The van der Waals surface area contributed by atoms with Gasteiger partial charge in [0.1, 0.15) is 5.75 Å². The monoisotopic (exact) mass is 442 g/mol. The number of esters is 1. The smallest absolute Gasteiger partial charge is 0.339 e. The molecule has 6 heteroatoms. The van der Waals surface area contributed by atoms with E-state index in [4.69, 9.17) is 14.5 Å². The van der Waals surface area contributed by atoms with Gasteiger partial charge in [0, 0.05) is 18.5 Å². The molecule has 168 valence electrons. The zero-order valence-electron chi connectivity index (χ0n) is 18.7. The number of fused-ring (bicyclic) bond motifs is 2. The average molecular weight is 443 g/mol. The molecule has 2 aliphatic rings. The Kier molecular flexibility index (Phi) is 5.82. The van der Waals surface area contributed by atoms with Crippen molar-refractivity contribution in [2.24, 2.45) is 0 Å². The molecule has 3 aromatic rings. The number of nitrogens with zero attached hydrogens (tertiary/aromatic N) is 2. The van der Waals surface area contributed by atoms with Crippen LogP contribution in [0.2, 0.25) is 0 Å². The maximum Gasteiger partial charge on any atom is 0.339 e. The van der Waals surface area contributed by atoms with Crippen LogP contribution in [0.5, 0.6) is 5.75 Å². The summed E-state index contributed by atoms with van der Waals surface area (Å²) in [6, 6.07) is 15.5. The predicted octanol–water partition coefficient (Wildman–Crippen LogP) is 4.51. The molecule has 0 bridgehead atoms. The number of benzene rings is 2. The number of amides is 1. The first-order chi connectivity index (χ1) is 16.1. The number of ether oxygens (including phenoxy) is 2. The van der Waals surface area contributed by atoms with Crippen molar-refractivity contribution < 1.29 is 19.1 Å². The van der Waals surface area contributed by atoms with Gasteiger partial charge in [-0.2, -0.15) is 0 Å². The second-order valence-electron chi connectivity index (χ2n) is 8.44. The van der Waals surface area contributed by atoms with Crippen LogP contribution in [0, 0.1) is 0 Å². The number of pyridine rings is 1. The molecule has 0 spiro atoms. The zero-order chi connectivity index (χ0) is 22.8. The molecule has 1 aromatic heterocycles. The van der Waals surface area contributed by atoms with Gasteiger partial charge in [-0.3, -0.25) is 4.79 Å². The Morgan fingerprint density at radius 3 is 2.55 bits per heavy atom. The first-order valence-corrected chi connectivity index (χ1v) is 11.4. The molecule has 0 saturated carbocycles. The molecule has 1 fully saturated rings. The summed E-state index contributed by atoms with van der Waals surface area (Å²) in [4.78, 5) is 32.3.